The summed E-state index contributed by atoms with van der Waals surface area (Å²) in [5.74, 6) is 5.60. The van der Waals surface area contributed by atoms with E-state index in [0.717, 1.165) is 0 Å². The molecule has 1 aromatic rings. The third-order valence-corrected chi connectivity index (χ3v) is 2.07. The molecule has 16 heavy (non-hydrogen) atoms. The Kier molecular flexibility index (Phi) is 3.86. The molecule has 0 bridgehead atoms. The summed E-state index contributed by atoms with van der Waals surface area (Å²) in [4.78, 5) is 10.2. The normalized spacial score (nSPS) is 9.38. The molecule has 0 saturated heterocycles. The number of nitro groups is 1. The molecular formula is C11H13N3O2. The van der Waals surface area contributed by atoms with Crippen molar-refractivity contribution in [2.75, 3.05) is 12.3 Å². The second-order valence-electron chi connectivity index (χ2n) is 3.32. The Morgan fingerprint density at radius 3 is 2.75 bits per heavy atom. The van der Waals surface area contributed by atoms with Gasteiger partial charge in [0.25, 0.3) is 5.69 Å². The highest BCUT2D eigenvalue weighted by Crippen LogP contribution is 2.23. The van der Waals surface area contributed by atoms with E-state index in [2.05, 4.69) is 11.8 Å². The monoisotopic (exact) mass is 219 g/mol. The van der Waals surface area contributed by atoms with Crippen molar-refractivity contribution in [2.24, 2.45) is 5.73 Å². The maximum atomic E-state index is 10.6. The van der Waals surface area contributed by atoms with Gasteiger partial charge in [-0.2, -0.15) is 0 Å². The molecule has 4 N–H and O–H groups in total. The van der Waals surface area contributed by atoms with E-state index in [1.54, 1.807) is 6.92 Å². The van der Waals surface area contributed by atoms with E-state index in [-0.39, 0.29) is 5.69 Å². The Hall–Kier alpha value is -2.06. The number of hydrogen-bond donors (Lipinski definition) is 2. The highest BCUT2D eigenvalue weighted by molar-refractivity contribution is 5.64. The Bertz CT molecular complexity index is 472. The molecule has 84 valence electrons. The van der Waals surface area contributed by atoms with Crippen LogP contribution in [0.2, 0.25) is 0 Å². The van der Waals surface area contributed by atoms with Gasteiger partial charge in [0.2, 0.25) is 0 Å². The molecule has 0 aromatic heterocycles. The summed E-state index contributed by atoms with van der Waals surface area (Å²) in [5.41, 5.74) is 12.7. The predicted octanol–water partition coefficient (Wildman–Crippen LogP) is 1.19. The van der Waals surface area contributed by atoms with Crippen LogP contribution in [0.1, 0.15) is 17.5 Å². The van der Waals surface area contributed by atoms with Gasteiger partial charge in [-0.1, -0.05) is 11.8 Å². The van der Waals surface area contributed by atoms with E-state index in [4.69, 9.17) is 11.5 Å². The van der Waals surface area contributed by atoms with Crippen LogP contribution in [0.5, 0.6) is 0 Å². The van der Waals surface area contributed by atoms with Crippen molar-refractivity contribution >= 4 is 11.4 Å². The summed E-state index contributed by atoms with van der Waals surface area (Å²) < 4.78 is 0. The Morgan fingerprint density at radius 2 is 2.19 bits per heavy atom. The van der Waals surface area contributed by atoms with Crippen molar-refractivity contribution in [3.8, 4) is 11.8 Å². The molecule has 5 nitrogen and oxygen atoms in total. The van der Waals surface area contributed by atoms with Gasteiger partial charge in [-0.25, -0.2) is 0 Å². The first-order valence-corrected chi connectivity index (χ1v) is 4.79. The van der Waals surface area contributed by atoms with E-state index < -0.39 is 4.92 Å². The predicted molar refractivity (Wildman–Crippen MR) is 62.8 cm³/mol. The number of hydrogen-bond acceptors (Lipinski definition) is 4. The largest absolute Gasteiger partial charge is 0.397 e. The second-order valence-corrected chi connectivity index (χ2v) is 3.32. The molecule has 0 unspecified atom stereocenters. The van der Waals surface area contributed by atoms with E-state index in [1.807, 2.05) is 0 Å². The zero-order valence-electron chi connectivity index (χ0n) is 8.99. The number of rotatable bonds is 2. The molecule has 0 saturated carbocycles. The van der Waals surface area contributed by atoms with Gasteiger partial charge in [0, 0.05) is 25.1 Å². The van der Waals surface area contributed by atoms with Gasteiger partial charge in [0.05, 0.1) is 16.2 Å². The van der Waals surface area contributed by atoms with E-state index in [1.165, 1.54) is 12.1 Å². The Morgan fingerprint density at radius 1 is 1.50 bits per heavy atom. The van der Waals surface area contributed by atoms with Gasteiger partial charge < -0.3 is 11.5 Å². The number of nitro benzene ring substituents is 1. The van der Waals surface area contributed by atoms with Gasteiger partial charge in [-0.3, -0.25) is 10.1 Å². The van der Waals surface area contributed by atoms with Crippen LogP contribution in [-0.2, 0) is 0 Å². The minimum atomic E-state index is -0.458. The standard InChI is InChI=1S/C11H13N3O2/c1-8-6-10(14(15)16)7-9(11(8)13)4-2-3-5-12/h6-7H,3,5,12-13H2,1H3. The maximum absolute atomic E-state index is 10.6. The van der Waals surface area contributed by atoms with Crippen LogP contribution < -0.4 is 11.5 Å². The van der Waals surface area contributed by atoms with Crippen molar-refractivity contribution in [3.05, 3.63) is 33.4 Å². The molecule has 0 amide bonds. The van der Waals surface area contributed by atoms with Crippen molar-refractivity contribution in [2.45, 2.75) is 13.3 Å². The second kappa shape index (κ2) is 5.14. The maximum Gasteiger partial charge on any atom is 0.271 e. The fourth-order valence-corrected chi connectivity index (χ4v) is 1.22. The number of anilines is 1. The van der Waals surface area contributed by atoms with Crippen LogP contribution in [0, 0.1) is 28.9 Å². The number of aryl methyl sites for hydroxylation is 1. The first kappa shape index (κ1) is 12.0. The lowest BCUT2D eigenvalue weighted by Gasteiger charge is -2.02. The number of benzene rings is 1. The minimum absolute atomic E-state index is 0.00347. The van der Waals surface area contributed by atoms with Gasteiger partial charge in [0.1, 0.15) is 0 Å². The highest BCUT2D eigenvalue weighted by Gasteiger charge is 2.10. The number of non-ortho nitro benzene ring substituents is 1. The summed E-state index contributed by atoms with van der Waals surface area (Å²) >= 11 is 0. The molecule has 1 aromatic carbocycles. The highest BCUT2D eigenvalue weighted by atomic mass is 16.6. The van der Waals surface area contributed by atoms with Gasteiger partial charge in [-0.15, -0.1) is 0 Å². The molecule has 1 rings (SSSR count). The van der Waals surface area contributed by atoms with Gasteiger partial charge in [-0.05, 0) is 12.5 Å². The number of nitrogens with zero attached hydrogens (tertiary/aromatic N) is 1. The molecule has 0 fully saturated rings. The lowest BCUT2D eigenvalue weighted by Crippen LogP contribution is -1.98. The lowest BCUT2D eigenvalue weighted by molar-refractivity contribution is -0.384. The molecule has 0 aliphatic rings. The van der Waals surface area contributed by atoms with Gasteiger partial charge in [0.15, 0.2) is 0 Å². The summed E-state index contributed by atoms with van der Waals surface area (Å²) in [6.45, 7) is 2.18. The van der Waals surface area contributed by atoms with Crippen LogP contribution in [0.15, 0.2) is 12.1 Å². The van der Waals surface area contributed by atoms with Crippen LogP contribution in [0.4, 0.5) is 11.4 Å². The zero-order valence-corrected chi connectivity index (χ0v) is 8.99. The third-order valence-electron chi connectivity index (χ3n) is 2.07. The summed E-state index contributed by atoms with van der Waals surface area (Å²) in [5, 5.41) is 10.6. The quantitative estimate of drug-likeness (QED) is 0.338. The Labute approximate surface area is 93.6 Å². The molecular weight excluding hydrogens is 206 g/mol. The van der Waals surface area contributed by atoms with Crippen LogP contribution in [0.25, 0.3) is 0 Å². The van der Waals surface area contributed by atoms with Crippen LogP contribution in [0.3, 0.4) is 0 Å². The molecule has 0 aliphatic heterocycles. The van der Waals surface area contributed by atoms with Crippen molar-refractivity contribution in [1.29, 1.82) is 0 Å². The zero-order chi connectivity index (χ0) is 12.1. The van der Waals surface area contributed by atoms with Crippen LogP contribution >= 0.6 is 0 Å². The molecule has 0 aliphatic carbocycles. The number of nitrogen functional groups attached to an aromatic ring is 1. The summed E-state index contributed by atoms with van der Waals surface area (Å²) in [7, 11) is 0. The van der Waals surface area contributed by atoms with Crippen molar-refractivity contribution in [3.63, 3.8) is 0 Å². The fraction of sp³-hybridized carbons (Fsp3) is 0.273. The first-order chi connectivity index (χ1) is 7.56. The average Bonchev–Trinajstić information content (AvgIpc) is 2.24. The fourth-order valence-electron chi connectivity index (χ4n) is 1.22. The summed E-state index contributed by atoms with van der Waals surface area (Å²) in [6, 6.07) is 2.81. The Balaban J connectivity index is 3.18. The molecule has 5 heteroatoms. The lowest BCUT2D eigenvalue weighted by atomic mass is 10.1. The van der Waals surface area contributed by atoms with Gasteiger partial charge >= 0.3 is 0 Å². The van der Waals surface area contributed by atoms with Crippen molar-refractivity contribution < 1.29 is 4.92 Å². The minimum Gasteiger partial charge on any atom is -0.397 e. The van der Waals surface area contributed by atoms with Crippen molar-refractivity contribution in [1.82, 2.24) is 0 Å². The molecule has 0 atom stereocenters. The first-order valence-electron chi connectivity index (χ1n) is 4.79. The number of nitrogens with two attached hydrogens (primary N) is 2. The van der Waals surface area contributed by atoms with E-state index in [0.29, 0.717) is 29.8 Å². The van der Waals surface area contributed by atoms with E-state index >= 15 is 0 Å². The van der Waals surface area contributed by atoms with Crippen LogP contribution in [-0.4, -0.2) is 11.5 Å². The topological polar surface area (TPSA) is 95.2 Å². The average molecular weight is 219 g/mol. The molecule has 0 spiro atoms. The SMILES string of the molecule is Cc1cc([N+](=O)[O-])cc(C#CCCN)c1N. The third kappa shape index (κ3) is 2.72. The van der Waals surface area contributed by atoms with E-state index in [9.17, 15) is 10.1 Å². The smallest absolute Gasteiger partial charge is 0.271 e. The molecule has 0 radical (unpaired) electrons. The molecule has 0 heterocycles. The summed E-state index contributed by atoms with van der Waals surface area (Å²) in [6.07, 6.45) is 0.543.